The molecule has 0 spiro atoms. The van der Waals surface area contributed by atoms with E-state index in [-0.39, 0.29) is 30.3 Å². The van der Waals surface area contributed by atoms with E-state index in [1.165, 1.54) is 5.56 Å². The number of nitrogens with zero attached hydrogens (tertiary/aromatic N) is 1. The first-order chi connectivity index (χ1) is 14.1. The SMILES string of the molecule is CC(Oc1ccc(C(C)(C)C)cc1)C(=O)Nc1cccc(CN2C(=O)CNC2=O)c1. The Balaban J connectivity index is 1.60. The van der Waals surface area contributed by atoms with Crippen molar-refractivity contribution < 1.29 is 19.1 Å². The van der Waals surface area contributed by atoms with Crippen molar-refractivity contribution in [3.05, 3.63) is 59.7 Å². The summed E-state index contributed by atoms with van der Waals surface area (Å²) in [5.74, 6) is 0.0638. The van der Waals surface area contributed by atoms with Gasteiger partial charge in [-0.05, 0) is 47.7 Å². The third-order valence-electron chi connectivity index (χ3n) is 4.87. The number of rotatable bonds is 6. The average Bonchev–Trinajstić information content (AvgIpc) is 3.00. The molecule has 30 heavy (non-hydrogen) atoms. The van der Waals surface area contributed by atoms with Crippen molar-refractivity contribution in [2.45, 2.75) is 45.8 Å². The molecule has 2 aromatic carbocycles. The Morgan fingerprint density at radius 2 is 1.87 bits per heavy atom. The van der Waals surface area contributed by atoms with Gasteiger partial charge in [0.25, 0.3) is 5.91 Å². The lowest BCUT2D eigenvalue weighted by Gasteiger charge is -2.20. The summed E-state index contributed by atoms with van der Waals surface area (Å²) in [7, 11) is 0. The Hall–Kier alpha value is -3.35. The molecule has 0 aromatic heterocycles. The summed E-state index contributed by atoms with van der Waals surface area (Å²) >= 11 is 0. The zero-order valence-corrected chi connectivity index (χ0v) is 17.7. The van der Waals surface area contributed by atoms with E-state index in [0.29, 0.717) is 11.4 Å². The van der Waals surface area contributed by atoms with E-state index in [1.54, 1.807) is 31.2 Å². The second kappa shape index (κ2) is 8.57. The molecule has 1 saturated heterocycles. The maximum Gasteiger partial charge on any atom is 0.324 e. The van der Waals surface area contributed by atoms with Crippen molar-refractivity contribution in [3.63, 3.8) is 0 Å². The van der Waals surface area contributed by atoms with Gasteiger partial charge in [-0.1, -0.05) is 45.0 Å². The normalized spacial score (nSPS) is 15.0. The molecule has 7 nitrogen and oxygen atoms in total. The minimum absolute atomic E-state index is 0.0147. The number of ether oxygens (including phenoxy) is 1. The van der Waals surface area contributed by atoms with E-state index in [0.717, 1.165) is 10.5 Å². The predicted octanol–water partition coefficient (Wildman–Crippen LogP) is 3.44. The van der Waals surface area contributed by atoms with Gasteiger partial charge in [0.1, 0.15) is 5.75 Å². The van der Waals surface area contributed by atoms with Gasteiger partial charge in [-0.25, -0.2) is 4.79 Å². The number of hydrogen-bond donors (Lipinski definition) is 2. The molecule has 1 atom stereocenters. The summed E-state index contributed by atoms with van der Waals surface area (Å²) in [6.45, 7) is 8.27. The van der Waals surface area contributed by atoms with Crippen LogP contribution >= 0.6 is 0 Å². The molecule has 1 unspecified atom stereocenters. The number of urea groups is 1. The van der Waals surface area contributed by atoms with Gasteiger partial charge in [0.05, 0.1) is 13.1 Å². The molecule has 0 aliphatic carbocycles. The standard InChI is InChI=1S/C23H27N3O4/c1-15(30-19-10-8-17(9-11-19)23(2,3)4)21(28)25-18-7-5-6-16(12-18)14-26-20(27)13-24-22(26)29/h5-12,15H,13-14H2,1-4H3,(H,24,29)(H,25,28). The number of imide groups is 1. The van der Waals surface area contributed by atoms with Crippen LogP contribution in [0.25, 0.3) is 0 Å². The maximum absolute atomic E-state index is 12.5. The van der Waals surface area contributed by atoms with E-state index >= 15 is 0 Å². The number of nitrogens with one attached hydrogen (secondary N) is 2. The van der Waals surface area contributed by atoms with Crippen LogP contribution in [-0.2, 0) is 21.5 Å². The van der Waals surface area contributed by atoms with Gasteiger partial charge in [0.15, 0.2) is 6.10 Å². The quantitative estimate of drug-likeness (QED) is 0.716. The van der Waals surface area contributed by atoms with Crippen LogP contribution in [0.3, 0.4) is 0 Å². The maximum atomic E-state index is 12.5. The molecule has 7 heteroatoms. The summed E-state index contributed by atoms with van der Waals surface area (Å²) in [5.41, 5.74) is 2.55. The molecule has 4 amide bonds. The Labute approximate surface area is 176 Å². The number of anilines is 1. The van der Waals surface area contributed by atoms with Crippen LogP contribution in [0.5, 0.6) is 5.75 Å². The molecule has 158 valence electrons. The molecular weight excluding hydrogens is 382 g/mol. The molecule has 2 aromatic rings. The van der Waals surface area contributed by atoms with Crippen molar-refractivity contribution >= 4 is 23.5 Å². The van der Waals surface area contributed by atoms with Gasteiger partial charge >= 0.3 is 6.03 Å². The van der Waals surface area contributed by atoms with Gasteiger partial charge in [-0.2, -0.15) is 0 Å². The molecule has 1 aliphatic rings. The number of amides is 4. The fourth-order valence-corrected chi connectivity index (χ4v) is 3.08. The third-order valence-corrected chi connectivity index (χ3v) is 4.87. The summed E-state index contributed by atoms with van der Waals surface area (Å²) in [4.78, 5) is 37.1. The topological polar surface area (TPSA) is 87.7 Å². The summed E-state index contributed by atoms with van der Waals surface area (Å²) in [6.07, 6.45) is -0.694. The van der Waals surface area contributed by atoms with Crippen LogP contribution in [0.2, 0.25) is 0 Å². The average molecular weight is 409 g/mol. The minimum atomic E-state index is -0.694. The molecule has 1 fully saturated rings. The Morgan fingerprint density at radius 3 is 2.47 bits per heavy atom. The van der Waals surface area contributed by atoms with Crippen LogP contribution in [0.4, 0.5) is 10.5 Å². The second-order valence-electron chi connectivity index (χ2n) is 8.36. The molecular formula is C23H27N3O4. The minimum Gasteiger partial charge on any atom is -0.481 e. The lowest BCUT2D eigenvalue weighted by atomic mass is 9.87. The molecule has 3 rings (SSSR count). The zero-order chi connectivity index (χ0) is 21.9. The molecule has 1 aliphatic heterocycles. The number of carbonyl (C=O) groups excluding carboxylic acids is 3. The van der Waals surface area contributed by atoms with Gasteiger partial charge in [-0.3, -0.25) is 14.5 Å². The summed E-state index contributed by atoms with van der Waals surface area (Å²) < 4.78 is 5.76. The molecule has 0 bridgehead atoms. The van der Waals surface area contributed by atoms with E-state index in [4.69, 9.17) is 4.74 Å². The highest BCUT2D eigenvalue weighted by Crippen LogP contribution is 2.25. The third kappa shape index (κ3) is 5.17. The van der Waals surface area contributed by atoms with E-state index in [2.05, 4.69) is 31.4 Å². The summed E-state index contributed by atoms with van der Waals surface area (Å²) in [6, 6.07) is 14.4. The van der Waals surface area contributed by atoms with Crippen molar-refractivity contribution in [2.75, 3.05) is 11.9 Å². The van der Waals surface area contributed by atoms with E-state index in [1.807, 2.05) is 24.3 Å². The highest BCUT2D eigenvalue weighted by atomic mass is 16.5. The van der Waals surface area contributed by atoms with Crippen molar-refractivity contribution in [1.29, 1.82) is 0 Å². The largest absolute Gasteiger partial charge is 0.481 e. The number of benzene rings is 2. The monoisotopic (exact) mass is 409 g/mol. The number of hydrogen-bond acceptors (Lipinski definition) is 4. The molecule has 0 radical (unpaired) electrons. The smallest absolute Gasteiger partial charge is 0.324 e. The van der Waals surface area contributed by atoms with Crippen LogP contribution < -0.4 is 15.4 Å². The lowest BCUT2D eigenvalue weighted by Crippen LogP contribution is -2.31. The fraction of sp³-hybridized carbons (Fsp3) is 0.348. The van der Waals surface area contributed by atoms with Gasteiger partial charge in [0.2, 0.25) is 5.91 Å². The first-order valence-corrected chi connectivity index (χ1v) is 9.89. The second-order valence-corrected chi connectivity index (χ2v) is 8.36. The van der Waals surface area contributed by atoms with Crippen LogP contribution in [0, 0.1) is 0 Å². The van der Waals surface area contributed by atoms with Crippen LogP contribution in [0.1, 0.15) is 38.8 Å². The van der Waals surface area contributed by atoms with E-state index < -0.39 is 12.1 Å². The van der Waals surface area contributed by atoms with Gasteiger partial charge in [-0.15, -0.1) is 0 Å². The van der Waals surface area contributed by atoms with Crippen molar-refractivity contribution in [3.8, 4) is 5.75 Å². The summed E-state index contributed by atoms with van der Waals surface area (Å²) in [5, 5.41) is 5.30. The van der Waals surface area contributed by atoms with Crippen molar-refractivity contribution in [1.82, 2.24) is 10.2 Å². The van der Waals surface area contributed by atoms with Crippen LogP contribution in [-0.4, -0.2) is 35.4 Å². The highest BCUT2D eigenvalue weighted by molar-refractivity contribution is 6.01. The fourth-order valence-electron chi connectivity index (χ4n) is 3.08. The highest BCUT2D eigenvalue weighted by Gasteiger charge is 2.28. The Morgan fingerprint density at radius 1 is 1.17 bits per heavy atom. The Kier molecular flexibility index (Phi) is 6.10. The molecule has 2 N–H and O–H groups in total. The van der Waals surface area contributed by atoms with Crippen LogP contribution in [0.15, 0.2) is 48.5 Å². The molecule has 0 saturated carbocycles. The van der Waals surface area contributed by atoms with Crippen molar-refractivity contribution in [2.24, 2.45) is 0 Å². The molecule has 1 heterocycles. The first kappa shape index (κ1) is 21.4. The van der Waals surface area contributed by atoms with Gasteiger partial charge in [0, 0.05) is 5.69 Å². The lowest BCUT2D eigenvalue weighted by molar-refractivity contribution is -0.125. The first-order valence-electron chi connectivity index (χ1n) is 9.89. The Bertz CT molecular complexity index is 932. The van der Waals surface area contributed by atoms with Gasteiger partial charge < -0.3 is 15.4 Å². The zero-order valence-electron chi connectivity index (χ0n) is 17.7. The van der Waals surface area contributed by atoms with E-state index in [9.17, 15) is 14.4 Å². The predicted molar refractivity (Wildman–Crippen MR) is 114 cm³/mol. The number of carbonyl (C=O) groups is 3.